The fourth-order valence-corrected chi connectivity index (χ4v) is 2.02. The Balaban J connectivity index is 1.82. The molecule has 0 aromatic rings. The monoisotopic (exact) mass is 241 g/mol. The van der Waals surface area contributed by atoms with Crippen molar-refractivity contribution in [3.63, 3.8) is 0 Å². The van der Waals surface area contributed by atoms with Crippen LogP contribution in [0.15, 0.2) is 0 Å². The van der Waals surface area contributed by atoms with E-state index in [1.807, 2.05) is 20.8 Å². The van der Waals surface area contributed by atoms with Crippen molar-refractivity contribution < 1.29 is 14.3 Å². The predicted molar refractivity (Wildman–Crippen MR) is 61.6 cm³/mol. The zero-order chi connectivity index (χ0) is 12.7. The van der Waals surface area contributed by atoms with Crippen LogP contribution < -0.4 is 10.6 Å². The van der Waals surface area contributed by atoms with Gasteiger partial charge in [0, 0.05) is 19.6 Å². The highest BCUT2D eigenvalue weighted by molar-refractivity contribution is 5.79. The number of nitrogens with zero attached hydrogens (tertiary/aromatic N) is 1. The Morgan fingerprint density at radius 3 is 2.53 bits per heavy atom. The highest BCUT2D eigenvalue weighted by atomic mass is 16.6. The summed E-state index contributed by atoms with van der Waals surface area (Å²) in [7, 11) is 0. The molecule has 2 heterocycles. The Bertz CT molecular complexity index is 330. The van der Waals surface area contributed by atoms with Crippen molar-refractivity contribution >= 4 is 12.0 Å². The molecule has 0 atom stereocenters. The van der Waals surface area contributed by atoms with Crippen LogP contribution in [0.4, 0.5) is 4.79 Å². The van der Waals surface area contributed by atoms with Gasteiger partial charge in [-0.25, -0.2) is 4.79 Å². The Morgan fingerprint density at radius 1 is 1.41 bits per heavy atom. The lowest BCUT2D eigenvalue weighted by atomic mass is 9.88. The van der Waals surface area contributed by atoms with Gasteiger partial charge in [0.2, 0.25) is 5.91 Å². The van der Waals surface area contributed by atoms with Crippen molar-refractivity contribution in [1.29, 1.82) is 0 Å². The molecular formula is C11H19N3O3. The summed E-state index contributed by atoms with van der Waals surface area (Å²) in [6.07, 6.45) is -0.290. The number of amides is 2. The molecule has 0 aliphatic carbocycles. The third-order valence-electron chi connectivity index (χ3n) is 2.89. The van der Waals surface area contributed by atoms with Gasteiger partial charge in [-0.2, -0.15) is 0 Å². The van der Waals surface area contributed by atoms with E-state index in [9.17, 15) is 9.59 Å². The standard InChI is InChI=1S/C11H19N3O3/c1-10(2,3)17-9(16)14-6-11(7-14)5-12-8(15)4-13-11/h13H,4-7H2,1-3H3,(H,12,15). The number of likely N-dealkylation sites (tertiary alicyclic amines) is 1. The second kappa shape index (κ2) is 3.87. The van der Waals surface area contributed by atoms with Crippen LogP contribution in [0.1, 0.15) is 20.8 Å². The molecule has 2 rings (SSSR count). The molecule has 2 saturated heterocycles. The van der Waals surface area contributed by atoms with Gasteiger partial charge in [0.25, 0.3) is 0 Å². The number of rotatable bonds is 0. The van der Waals surface area contributed by atoms with Crippen molar-refractivity contribution in [2.45, 2.75) is 31.9 Å². The van der Waals surface area contributed by atoms with Crippen LogP contribution in [0.3, 0.4) is 0 Å². The zero-order valence-corrected chi connectivity index (χ0v) is 10.5. The van der Waals surface area contributed by atoms with Gasteiger partial charge >= 0.3 is 6.09 Å². The van der Waals surface area contributed by atoms with Crippen molar-refractivity contribution in [1.82, 2.24) is 15.5 Å². The van der Waals surface area contributed by atoms with Gasteiger partial charge in [-0.15, -0.1) is 0 Å². The molecule has 0 radical (unpaired) electrons. The Morgan fingerprint density at radius 2 is 2.06 bits per heavy atom. The minimum atomic E-state index is -0.464. The highest BCUT2D eigenvalue weighted by Crippen LogP contribution is 2.24. The Kier molecular flexibility index (Phi) is 2.77. The second-order valence-corrected chi connectivity index (χ2v) is 5.75. The summed E-state index contributed by atoms with van der Waals surface area (Å²) in [6.45, 7) is 7.61. The van der Waals surface area contributed by atoms with Crippen LogP contribution in [0, 0.1) is 0 Å². The maximum Gasteiger partial charge on any atom is 0.410 e. The van der Waals surface area contributed by atoms with Crippen LogP contribution in [-0.4, -0.2) is 54.2 Å². The molecule has 0 aromatic heterocycles. The third kappa shape index (κ3) is 2.69. The zero-order valence-electron chi connectivity index (χ0n) is 10.5. The van der Waals surface area contributed by atoms with Crippen molar-refractivity contribution in [2.75, 3.05) is 26.2 Å². The maximum atomic E-state index is 11.7. The summed E-state index contributed by atoms with van der Waals surface area (Å²) in [4.78, 5) is 24.4. The number of piperazine rings is 1. The number of carbonyl (C=O) groups is 2. The Labute approximate surface area is 101 Å². The van der Waals surface area contributed by atoms with Gasteiger partial charge in [0.05, 0.1) is 12.1 Å². The van der Waals surface area contributed by atoms with E-state index in [-0.39, 0.29) is 17.5 Å². The summed E-state index contributed by atoms with van der Waals surface area (Å²) < 4.78 is 5.27. The van der Waals surface area contributed by atoms with E-state index < -0.39 is 5.60 Å². The van der Waals surface area contributed by atoms with Crippen LogP contribution in [0.2, 0.25) is 0 Å². The van der Waals surface area contributed by atoms with E-state index in [0.717, 1.165) is 0 Å². The van der Waals surface area contributed by atoms with Gasteiger partial charge in [-0.05, 0) is 20.8 Å². The molecule has 2 N–H and O–H groups in total. The van der Waals surface area contributed by atoms with E-state index in [4.69, 9.17) is 4.74 Å². The molecule has 17 heavy (non-hydrogen) atoms. The van der Waals surface area contributed by atoms with Crippen molar-refractivity contribution in [2.24, 2.45) is 0 Å². The smallest absolute Gasteiger partial charge is 0.410 e. The van der Waals surface area contributed by atoms with E-state index in [0.29, 0.717) is 26.2 Å². The van der Waals surface area contributed by atoms with E-state index in [2.05, 4.69) is 10.6 Å². The van der Waals surface area contributed by atoms with Crippen molar-refractivity contribution in [3.8, 4) is 0 Å². The normalized spacial score (nSPS) is 23.0. The van der Waals surface area contributed by atoms with Crippen LogP contribution >= 0.6 is 0 Å². The highest BCUT2D eigenvalue weighted by Gasteiger charge is 2.48. The van der Waals surface area contributed by atoms with Gasteiger partial charge in [-0.1, -0.05) is 0 Å². The maximum absolute atomic E-state index is 11.7. The summed E-state index contributed by atoms with van der Waals surface area (Å²) in [5.41, 5.74) is -0.612. The lowest BCUT2D eigenvalue weighted by Gasteiger charge is -2.51. The number of ether oxygens (including phenoxy) is 1. The molecule has 2 fully saturated rings. The minimum absolute atomic E-state index is 0.00587. The molecule has 0 bridgehead atoms. The summed E-state index contributed by atoms with van der Waals surface area (Å²) in [6, 6.07) is 0. The van der Waals surface area contributed by atoms with Gasteiger partial charge in [0.15, 0.2) is 0 Å². The van der Waals surface area contributed by atoms with E-state index in [1.54, 1.807) is 4.90 Å². The molecular weight excluding hydrogens is 222 g/mol. The fraction of sp³-hybridized carbons (Fsp3) is 0.818. The molecule has 0 aromatic carbocycles. The number of nitrogens with one attached hydrogen (secondary N) is 2. The molecule has 0 unspecified atom stereocenters. The molecule has 2 aliphatic rings. The fourth-order valence-electron chi connectivity index (χ4n) is 2.02. The first-order chi connectivity index (χ1) is 7.80. The van der Waals surface area contributed by atoms with Gasteiger partial charge in [0.1, 0.15) is 5.60 Å². The molecule has 6 heteroatoms. The Hall–Kier alpha value is -1.30. The SMILES string of the molecule is CC(C)(C)OC(=O)N1CC2(CNC(=O)CN2)C1. The second-order valence-electron chi connectivity index (χ2n) is 5.75. The molecule has 96 valence electrons. The van der Waals surface area contributed by atoms with Crippen LogP contribution in [0.5, 0.6) is 0 Å². The average Bonchev–Trinajstić information content (AvgIpc) is 2.13. The topological polar surface area (TPSA) is 70.7 Å². The quantitative estimate of drug-likeness (QED) is 0.610. The van der Waals surface area contributed by atoms with Crippen molar-refractivity contribution in [3.05, 3.63) is 0 Å². The molecule has 1 spiro atoms. The lowest BCUT2D eigenvalue weighted by molar-refractivity contribution is -0.124. The first-order valence-electron chi connectivity index (χ1n) is 5.79. The minimum Gasteiger partial charge on any atom is -0.444 e. The first kappa shape index (κ1) is 12.2. The van der Waals surface area contributed by atoms with E-state index >= 15 is 0 Å². The first-order valence-corrected chi connectivity index (χ1v) is 5.79. The summed E-state index contributed by atoms with van der Waals surface area (Å²) in [5, 5.41) is 5.97. The number of hydrogen-bond acceptors (Lipinski definition) is 4. The van der Waals surface area contributed by atoms with Crippen LogP contribution in [0.25, 0.3) is 0 Å². The van der Waals surface area contributed by atoms with Crippen LogP contribution in [-0.2, 0) is 9.53 Å². The number of carbonyl (C=O) groups excluding carboxylic acids is 2. The predicted octanol–water partition coefficient (Wildman–Crippen LogP) is -0.305. The summed E-state index contributed by atoms with van der Waals surface area (Å²) in [5.74, 6) is 0.00587. The van der Waals surface area contributed by atoms with E-state index in [1.165, 1.54) is 0 Å². The van der Waals surface area contributed by atoms with Gasteiger partial charge < -0.3 is 15.0 Å². The van der Waals surface area contributed by atoms with Gasteiger partial charge in [-0.3, -0.25) is 10.1 Å². The third-order valence-corrected chi connectivity index (χ3v) is 2.89. The average molecular weight is 241 g/mol. The molecule has 0 saturated carbocycles. The molecule has 2 amide bonds. The lowest BCUT2D eigenvalue weighted by Crippen LogP contribution is -2.77. The molecule has 2 aliphatic heterocycles. The number of hydrogen-bond donors (Lipinski definition) is 2. The molecule has 6 nitrogen and oxygen atoms in total. The summed E-state index contributed by atoms with van der Waals surface area (Å²) >= 11 is 0. The largest absolute Gasteiger partial charge is 0.444 e.